The Hall–Kier alpha value is -0.830. The van der Waals surface area contributed by atoms with Crippen molar-refractivity contribution in [1.82, 2.24) is 15.1 Å². The first-order chi connectivity index (χ1) is 8.86. The average molecular weight is 249 g/mol. The first-order valence-corrected chi connectivity index (χ1v) is 7.61. The molecule has 3 heteroatoms. The molecule has 0 bridgehead atoms. The molecular formula is C15H27N3. The normalized spacial score (nSPS) is 25.0. The second-order valence-electron chi connectivity index (χ2n) is 5.38. The summed E-state index contributed by atoms with van der Waals surface area (Å²) in [6.45, 7) is 6.55. The van der Waals surface area contributed by atoms with E-state index in [1.165, 1.54) is 44.2 Å². The summed E-state index contributed by atoms with van der Waals surface area (Å²) in [5, 5.41) is 8.20. The van der Waals surface area contributed by atoms with Gasteiger partial charge in [-0.15, -0.1) is 0 Å². The minimum Gasteiger partial charge on any atom is -0.313 e. The standard InChI is InChI=1S/C15H27N3/c1-3-11-16-14-9-7-5-6-8-13(14)15-10-12-17-18(15)4-2/h10,12-14,16H,3-9,11H2,1-2H3. The Morgan fingerprint density at radius 1 is 1.28 bits per heavy atom. The number of nitrogens with zero attached hydrogens (tertiary/aromatic N) is 2. The van der Waals surface area contributed by atoms with Crippen molar-refractivity contribution in [2.75, 3.05) is 6.54 Å². The lowest BCUT2D eigenvalue weighted by molar-refractivity contribution is 0.391. The molecule has 102 valence electrons. The van der Waals surface area contributed by atoms with Crippen LogP contribution in [-0.2, 0) is 6.54 Å². The molecule has 0 radical (unpaired) electrons. The molecule has 1 aromatic heterocycles. The molecule has 2 unspecified atom stereocenters. The number of aryl methyl sites for hydroxylation is 1. The van der Waals surface area contributed by atoms with Crippen molar-refractivity contribution in [3.63, 3.8) is 0 Å². The van der Waals surface area contributed by atoms with E-state index in [1.807, 2.05) is 6.20 Å². The summed E-state index contributed by atoms with van der Waals surface area (Å²) >= 11 is 0. The van der Waals surface area contributed by atoms with Crippen LogP contribution in [0.4, 0.5) is 0 Å². The van der Waals surface area contributed by atoms with Gasteiger partial charge in [0.05, 0.1) is 0 Å². The first kappa shape index (κ1) is 13.6. The summed E-state index contributed by atoms with van der Waals surface area (Å²) in [5.41, 5.74) is 1.44. The van der Waals surface area contributed by atoms with Crippen molar-refractivity contribution < 1.29 is 0 Å². The zero-order valence-corrected chi connectivity index (χ0v) is 11.9. The Balaban J connectivity index is 2.14. The van der Waals surface area contributed by atoms with Crippen molar-refractivity contribution in [3.05, 3.63) is 18.0 Å². The molecule has 0 amide bonds. The van der Waals surface area contributed by atoms with Gasteiger partial charge in [-0.25, -0.2) is 0 Å². The Morgan fingerprint density at radius 2 is 2.11 bits per heavy atom. The van der Waals surface area contributed by atoms with Crippen LogP contribution >= 0.6 is 0 Å². The lowest BCUT2D eigenvalue weighted by Crippen LogP contribution is -2.35. The van der Waals surface area contributed by atoms with Gasteiger partial charge in [0.25, 0.3) is 0 Å². The largest absolute Gasteiger partial charge is 0.313 e. The van der Waals surface area contributed by atoms with Gasteiger partial charge in [-0.1, -0.05) is 26.2 Å². The number of aromatic nitrogens is 2. The fraction of sp³-hybridized carbons (Fsp3) is 0.800. The van der Waals surface area contributed by atoms with Crippen molar-refractivity contribution in [2.45, 2.75) is 70.9 Å². The fourth-order valence-electron chi connectivity index (χ4n) is 3.16. The van der Waals surface area contributed by atoms with Gasteiger partial charge >= 0.3 is 0 Å². The van der Waals surface area contributed by atoms with Crippen LogP contribution in [0.3, 0.4) is 0 Å². The highest BCUT2D eigenvalue weighted by molar-refractivity contribution is 5.12. The molecule has 1 aromatic rings. The Morgan fingerprint density at radius 3 is 2.89 bits per heavy atom. The van der Waals surface area contributed by atoms with E-state index in [-0.39, 0.29) is 0 Å². The third-order valence-corrected chi connectivity index (χ3v) is 4.10. The van der Waals surface area contributed by atoms with E-state index in [2.05, 4.69) is 35.0 Å². The number of hydrogen-bond donors (Lipinski definition) is 1. The number of rotatable bonds is 5. The summed E-state index contributed by atoms with van der Waals surface area (Å²) in [4.78, 5) is 0. The highest BCUT2D eigenvalue weighted by Gasteiger charge is 2.26. The molecule has 1 heterocycles. The molecule has 0 spiro atoms. The lowest BCUT2D eigenvalue weighted by Gasteiger charge is -2.26. The summed E-state index contributed by atoms with van der Waals surface area (Å²) in [7, 11) is 0. The summed E-state index contributed by atoms with van der Waals surface area (Å²) in [6, 6.07) is 2.87. The predicted molar refractivity (Wildman–Crippen MR) is 75.8 cm³/mol. The first-order valence-electron chi connectivity index (χ1n) is 7.61. The second-order valence-corrected chi connectivity index (χ2v) is 5.38. The number of nitrogens with one attached hydrogen (secondary N) is 1. The third kappa shape index (κ3) is 3.14. The second kappa shape index (κ2) is 6.93. The van der Waals surface area contributed by atoms with Crippen molar-refractivity contribution >= 4 is 0 Å². The number of hydrogen-bond acceptors (Lipinski definition) is 2. The quantitative estimate of drug-likeness (QED) is 0.811. The van der Waals surface area contributed by atoms with E-state index in [0.717, 1.165) is 13.1 Å². The van der Waals surface area contributed by atoms with Crippen LogP contribution in [0.25, 0.3) is 0 Å². The lowest BCUT2D eigenvalue weighted by atomic mass is 9.91. The van der Waals surface area contributed by atoms with Crippen molar-refractivity contribution in [2.24, 2.45) is 0 Å². The highest BCUT2D eigenvalue weighted by atomic mass is 15.3. The van der Waals surface area contributed by atoms with Gasteiger partial charge in [0.15, 0.2) is 0 Å². The minimum absolute atomic E-state index is 0.648. The molecule has 1 aliphatic carbocycles. The fourth-order valence-corrected chi connectivity index (χ4v) is 3.16. The maximum Gasteiger partial charge on any atom is 0.0492 e. The molecule has 2 atom stereocenters. The minimum atomic E-state index is 0.648. The monoisotopic (exact) mass is 249 g/mol. The van der Waals surface area contributed by atoms with Crippen molar-refractivity contribution in [1.29, 1.82) is 0 Å². The summed E-state index contributed by atoms with van der Waals surface area (Å²) in [5.74, 6) is 0.654. The molecular weight excluding hydrogens is 222 g/mol. The molecule has 1 fully saturated rings. The molecule has 1 aliphatic rings. The topological polar surface area (TPSA) is 29.9 Å². The van der Waals surface area contributed by atoms with Gasteiger partial charge in [0.2, 0.25) is 0 Å². The van der Waals surface area contributed by atoms with E-state index in [1.54, 1.807) is 0 Å². The highest BCUT2D eigenvalue weighted by Crippen LogP contribution is 2.31. The van der Waals surface area contributed by atoms with E-state index < -0.39 is 0 Å². The van der Waals surface area contributed by atoms with Gasteiger partial charge in [-0.05, 0) is 38.8 Å². The zero-order chi connectivity index (χ0) is 12.8. The average Bonchev–Trinajstić information content (AvgIpc) is 2.74. The Kier molecular flexibility index (Phi) is 5.24. The Labute approximate surface area is 111 Å². The molecule has 1 N–H and O–H groups in total. The molecule has 0 aromatic carbocycles. The van der Waals surface area contributed by atoms with Crippen molar-refractivity contribution in [3.8, 4) is 0 Å². The zero-order valence-electron chi connectivity index (χ0n) is 11.9. The van der Waals surface area contributed by atoms with Crippen LogP contribution < -0.4 is 5.32 Å². The van der Waals surface area contributed by atoms with Crippen LogP contribution in [0.1, 0.15) is 64.0 Å². The summed E-state index contributed by atoms with van der Waals surface area (Å²) < 4.78 is 2.18. The van der Waals surface area contributed by atoms with Gasteiger partial charge in [0.1, 0.15) is 0 Å². The van der Waals surface area contributed by atoms with Crippen LogP contribution in [-0.4, -0.2) is 22.4 Å². The molecule has 1 saturated carbocycles. The molecule has 0 aliphatic heterocycles. The molecule has 0 saturated heterocycles. The van der Waals surface area contributed by atoms with Crippen LogP contribution in [0.15, 0.2) is 12.3 Å². The van der Waals surface area contributed by atoms with E-state index in [0.29, 0.717) is 12.0 Å². The van der Waals surface area contributed by atoms with Crippen LogP contribution in [0, 0.1) is 0 Å². The maximum absolute atomic E-state index is 4.44. The summed E-state index contributed by atoms with van der Waals surface area (Å²) in [6.07, 6.45) is 9.94. The van der Waals surface area contributed by atoms with E-state index in [9.17, 15) is 0 Å². The van der Waals surface area contributed by atoms with Gasteiger partial charge < -0.3 is 5.32 Å². The molecule has 3 nitrogen and oxygen atoms in total. The molecule has 2 rings (SSSR count). The third-order valence-electron chi connectivity index (χ3n) is 4.10. The van der Waals surface area contributed by atoms with E-state index in [4.69, 9.17) is 0 Å². The van der Waals surface area contributed by atoms with Gasteiger partial charge in [0, 0.05) is 30.4 Å². The smallest absolute Gasteiger partial charge is 0.0492 e. The van der Waals surface area contributed by atoms with Crippen LogP contribution in [0.5, 0.6) is 0 Å². The van der Waals surface area contributed by atoms with Gasteiger partial charge in [-0.3, -0.25) is 4.68 Å². The SMILES string of the molecule is CCCNC1CCCCCC1c1ccnn1CC. The Bertz CT molecular complexity index is 345. The predicted octanol–water partition coefficient (Wildman–Crippen LogP) is 3.32. The maximum atomic E-state index is 4.44. The van der Waals surface area contributed by atoms with Gasteiger partial charge in [-0.2, -0.15) is 5.10 Å². The molecule has 18 heavy (non-hydrogen) atoms. The van der Waals surface area contributed by atoms with Crippen LogP contribution in [0.2, 0.25) is 0 Å². The van der Waals surface area contributed by atoms with E-state index >= 15 is 0 Å².